The molecule has 1 saturated heterocycles. The molecule has 1 aliphatic heterocycles. The molecule has 7 heteroatoms. The van der Waals surface area contributed by atoms with E-state index in [4.69, 9.17) is 4.74 Å². The van der Waals surface area contributed by atoms with Crippen LogP contribution < -0.4 is 10.1 Å². The number of rotatable bonds is 6. The predicted molar refractivity (Wildman–Crippen MR) is 104 cm³/mol. The van der Waals surface area contributed by atoms with Gasteiger partial charge in [-0.3, -0.25) is 0 Å². The number of aromatic nitrogens is 3. The van der Waals surface area contributed by atoms with Crippen LogP contribution in [0.5, 0.6) is 5.75 Å². The first kappa shape index (κ1) is 19.2. The number of urea groups is 1. The van der Waals surface area contributed by atoms with E-state index >= 15 is 0 Å². The van der Waals surface area contributed by atoms with E-state index in [1.165, 1.54) is 0 Å². The Morgan fingerprint density at radius 1 is 1.33 bits per heavy atom. The van der Waals surface area contributed by atoms with Gasteiger partial charge in [-0.05, 0) is 50.3 Å². The summed E-state index contributed by atoms with van der Waals surface area (Å²) >= 11 is 0. The molecule has 1 N–H and O–H groups in total. The lowest BCUT2D eigenvalue weighted by Gasteiger charge is -2.32. The van der Waals surface area contributed by atoms with E-state index in [2.05, 4.69) is 33.9 Å². The lowest BCUT2D eigenvalue weighted by molar-refractivity contribution is 0.163. The number of amides is 2. The number of likely N-dealkylation sites (tertiary alicyclic amines) is 1. The van der Waals surface area contributed by atoms with Crippen LogP contribution in [0.15, 0.2) is 30.6 Å². The normalized spacial score (nSPS) is 17.2. The maximum absolute atomic E-state index is 12.6. The number of piperidine rings is 1. The van der Waals surface area contributed by atoms with Crippen LogP contribution in [0.25, 0.3) is 0 Å². The van der Waals surface area contributed by atoms with Gasteiger partial charge in [0.05, 0.1) is 7.11 Å². The Labute approximate surface area is 160 Å². The molecule has 1 atom stereocenters. The monoisotopic (exact) mass is 371 g/mol. The Hall–Kier alpha value is -2.57. The van der Waals surface area contributed by atoms with Crippen LogP contribution in [0.4, 0.5) is 4.79 Å². The Balaban J connectivity index is 1.52. The molecule has 2 aromatic rings. The molecule has 0 spiro atoms. The van der Waals surface area contributed by atoms with Crippen molar-refractivity contribution < 1.29 is 9.53 Å². The lowest BCUT2D eigenvalue weighted by atomic mass is 9.94. The molecule has 2 amide bonds. The molecule has 1 unspecified atom stereocenters. The van der Waals surface area contributed by atoms with E-state index in [0.717, 1.165) is 49.5 Å². The third-order valence-corrected chi connectivity index (χ3v) is 5.08. The summed E-state index contributed by atoms with van der Waals surface area (Å²) < 4.78 is 7.27. The van der Waals surface area contributed by atoms with E-state index < -0.39 is 0 Å². The van der Waals surface area contributed by atoms with E-state index in [1.807, 2.05) is 29.2 Å². The molecule has 7 nitrogen and oxygen atoms in total. The molecule has 1 fully saturated rings. The Kier molecular flexibility index (Phi) is 6.32. The van der Waals surface area contributed by atoms with Crippen LogP contribution in [0.2, 0.25) is 0 Å². The van der Waals surface area contributed by atoms with E-state index in [9.17, 15) is 4.79 Å². The Morgan fingerprint density at radius 2 is 2.11 bits per heavy atom. The van der Waals surface area contributed by atoms with Gasteiger partial charge in [-0.15, -0.1) is 10.2 Å². The number of benzene rings is 1. The number of carbonyl (C=O) groups excluding carboxylic acids is 1. The summed E-state index contributed by atoms with van der Waals surface area (Å²) in [6, 6.07) is 8.10. The van der Waals surface area contributed by atoms with Gasteiger partial charge in [0.1, 0.15) is 17.9 Å². The van der Waals surface area contributed by atoms with E-state index in [-0.39, 0.29) is 6.03 Å². The van der Waals surface area contributed by atoms with Crippen LogP contribution >= 0.6 is 0 Å². The highest BCUT2D eigenvalue weighted by Crippen LogP contribution is 2.21. The number of methoxy groups -OCH3 is 1. The van der Waals surface area contributed by atoms with Crippen molar-refractivity contribution in [1.29, 1.82) is 0 Å². The van der Waals surface area contributed by atoms with Gasteiger partial charge < -0.3 is 19.5 Å². The minimum Gasteiger partial charge on any atom is -0.497 e. The summed E-state index contributed by atoms with van der Waals surface area (Å²) in [7, 11) is 1.65. The molecule has 1 aromatic carbocycles. The molecule has 0 aliphatic carbocycles. The molecular weight excluding hydrogens is 342 g/mol. The fourth-order valence-corrected chi connectivity index (χ4v) is 3.55. The third-order valence-electron chi connectivity index (χ3n) is 5.08. The zero-order valence-electron chi connectivity index (χ0n) is 16.4. The van der Waals surface area contributed by atoms with Crippen molar-refractivity contribution in [1.82, 2.24) is 25.0 Å². The molecule has 1 aliphatic rings. The van der Waals surface area contributed by atoms with E-state index in [0.29, 0.717) is 18.5 Å². The summed E-state index contributed by atoms with van der Waals surface area (Å²) in [6.45, 7) is 6.35. The van der Waals surface area contributed by atoms with Crippen LogP contribution in [-0.4, -0.2) is 45.9 Å². The first-order chi connectivity index (χ1) is 13.1. The molecule has 1 aromatic heterocycles. The Morgan fingerprint density at radius 3 is 2.81 bits per heavy atom. The maximum Gasteiger partial charge on any atom is 0.317 e. The molecule has 3 rings (SSSR count). The summed E-state index contributed by atoms with van der Waals surface area (Å²) in [5, 5.41) is 11.4. The smallest absolute Gasteiger partial charge is 0.317 e. The molecule has 0 radical (unpaired) electrons. The second kappa shape index (κ2) is 8.88. The zero-order valence-corrected chi connectivity index (χ0v) is 16.4. The average molecular weight is 371 g/mol. The second-order valence-electron chi connectivity index (χ2n) is 7.41. The van der Waals surface area contributed by atoms with Crippen molar-refractivity contribution in [2.75, 3.05) is 20.2 Å². The van der Waals surface area contributed by atoms with E-state index in [1.54, 1.807) is 13.4 Å². The Bertz CT molecular complexity index is 741. The number of ether oxygens (including phenoxy) is 1. The van der Waals surface area contributed by atoms with Crippen molar-refractivity contribution in [3.05, 3.63) is 42.0 Å². The highest BCUT2D eigenvalue weighted by molar-refractivity contribution is 5.74. The van der Waals surface area contributed by atoms with Gasteiger partial charge in [0.25, 0.3) is 0 Å². The zero-order chi connectivity index (χ0) is 19.2. The minimum atomic E-state index is 0.000782. The topological polar surface area (TPSA) is 72.3 Å². The lowest BCUT2D eigenvalue weighted by Crippen LogP contribution is -2.45. The van der Waals surface area contributed by atoms with Crippen LogP contribution in [0, 0.1) is 5.92 Å². The van der Waals surface area contributed by atoms with Gasteiger partial charge in [0.2, 0.25) is 0 Å². The number of hydrogen-bond acceptors (Lipinski definition) is 4. The van der Waals surface area contributed by atoms with Crippen LogP contribution in [-0.2, 0) is 13.0 Å². The number of hydrogen-bond donors (Lipinski definition) is 1. The molecular formula is C20H29N5O2. The minimum absolute atomic E-state index is 0.000782. The van der Waals surface area contributed by atoms with Crippen molar-refractivity contribution >= 4 is 6.03 Å². The fraction of sp³-hybridized carbons (Fsp3) is 0.550. The largest absolute Gasteiger partial charge is 0.497 e. The number of nitrogens with one attached hydrogen (secondary N) is 1. The second-order valence-corrected chi connectivity index (χ2v) is 7.41. The number of carbonyl (C=O) groups is 1. The molecule has 146 valence electrons. The highest BCUT2D eigenvalue weighted by Gasteiger charge is 2.25. The maximum atomic E-state index is 12.6. The van der Waals surface area contributed by atoms with Gasteiger partial charge in [0, 0.05) is 32.1 Å². The van der Waals surface area contributed by atoms with Crippen molar-refractivity contribution in [2.24, 2.45) is 5.92 Å². The van der Waals surface area contributed by atoms with Gasteiger partial charge in [-0.2, -0.15) is 0 Å². The van der Waals surface area contributed by atoms with Crippen molar-refractivity contribution in [3.8, 4) is 5.75 Å². The fourth-order valence-electron chi connectivity index (χ4n) is 3.55. The van der Waals surface area contributed by atoms with Gasteiger partial charge in [0.15, 0.2) is 0 Å². The average Bonchev–Trinajstić information content (AvgIpc) is 3.15. The summed E-state index contributed by atoms with van der Waals surface area (Å²) in [5.41, 5.74) is 1.06. The van der Waals surface area contributed by atoms with Crippen molar-refractivity contribution in [2.45, 2.75) is 45.7 Å². The standard InChI is InChI=1S/C20H29N5O2/c1-15(2)25-14-22-23-19(25)11-17-5-4-10-24(13-17)20(26)21-12-16-6-8-18(27-3)9-7-16/h6-9,14-15,17H,4-5,10-13H2,1-3H3,(H,21,26). The first-order valence-corrected chi connectivity index (χ1v) is 9.61. The van der Waals surface area contributed by atoms with Crippen LogP contribution in [0.3, 0.4) is 0 Å². The SMILES string of the molecule is COc1ccc(CNC(=O)N2CCCC(Cc3nncn3C(C)C)C2)cc1. The number of nitrogens with zero attached hydrogens (tertiary/aromatic N) is 4. The summed E-state index contributed by atoms with van der Waals surface area (Å²) in [5.74, 6) is 2.25. The third kappa shape index (κ3) is 4.99. The molecule has 0 bridgehead atoms. The molecule has 0 saturated carbocycles. The van der Waals surface area contributed by atoms with Gasteiger partial charge >= 0.3 is 6.03 Å². The van der Waals surface area contributed by atoms with Crippen LogP contribution in [0.1, 0.15) is 44.1 Å². The molecule has 2 heterocycles. The summed E-state index contributed by atoms with van der Waals surface area (Å²) in [4.78, 5) is 14.5. The first-order valence-electron chi connectivity index (χ1n) is 9.61. The summed E-state index contributed by atoms with van der Waals surface area (Å²) in [6.07, 6.45) is 4.80. The van der Waals surface area contributed by atoms with Crippen molar-refractivity contribution in [3.63, 3.8) is 0 Å². The van der Waals surface area contributed by atoms with Gasteiger partial charge in [-0.1, -0.05) is 12.1 Å². The predicted octanol–water partition coefficient (Wildman–Crippen LogP) is 3.03. The molecule has 27 heavy (non-hydrogen) atoms. The highest BCUT2D eigenvalue weighted by atomic mass is 16.5. The quantitative estimate of drug-likeness (QED) is 0.847. The van der Waals surface area contributed by atoms with Gasteiger partial charge in [-0.25, -0.2) is 4.79 Å².